The fraction of sp³-hybridized carbons (Fsp3) is 0.417. The maximum Gasteiger partial charge on any atom is 0.244 e. The highest BCUT2D eigenvalue weighted by Crippen LogP contribution is 2.30. The van der Waals surface area contributed by atoms with Crippen molar-refractivity contribution in [3.63, 3.8) is 0 Å². The lowest BCUT2D eigenvalue weighted by atomic mass is 9.77. The Labute approximate surface area is 94.5 Å². The van der Waals surface area contributed by atoms with Crippen LogP contribution in [0.5, 0.6) is 5.75 Å². The van der Waals surface area contributed by atoms with Gasteiger partial charge in [0, 0.05) is 5.69 Å². The molecule has 0 atom stereocenters. The summed E-state index contributed by atoms with van der Waals surface area (Å²) >= 11 is 0. The lowest BCUT2D eigenvalue weighted by molar-refractivity contribution is -0.123. The number of carbonyl (C=O) groups excluding carboxylic acids is 1. The van der Waals surface area contributed by atoms with Crippen molar-refractivity contribution in [3.05, 3.63) is 23.8 Å². The van der Waals surface area contributed by atoms with Gasteiger partial charge >= 0.3 is 0 Å². The summed E-state index contributed by atoms with van der Waals surface area (Å²) in [5.41, 5.74) is 6.62. The zero-order valence-electron chi connectivity index (χ0n) is 9.29. The van der Waals surface area contributed by atoms with Gasteiger partial charge in [0.15, 0.2) is 0 Å². The molecule has 1 fully saturated rings. The molecular formula is C12H16N2O2. The van der Waals surface area contributed by atoms with E-state index in [-0.39, 0.29) is 11.7 Å². The Bertz CT molecular complexity index is 425. The third-order valence-corrected chi connectivity index (χ3v) is 3.15. The van der Waals surface area contributed by atoms with Crippen LogP contribution in [0.3, 0.4) is 0 Å². The molecule has 1 amide bonds. The van der Waals surface area contributed by atoms with Gasteiger partial charge in [-0.1, -0.05) is 0 Å². The van der Waals surface area contributed by atoms with E-state index in [1.807, 2.05) is 0 Å². The van der Waals surface area contributed by atoms with Crippen LogP contribution in [0.1, 0.15) is 24.8 Å². The van der Waals surface area contributed by atoms with E-state index in [1.165, 1.54) is 0 Å². The lowest BCUT2D eigenvalue weighted by Gasteiger charge is -2.36. The van der Waals surface area contributed by atoms with E-state index in [1.54, 1.807) is 25.1 Å². The van der Waals surface area contributed by atoms with E-state index in [0.717, 1.165) is 24.8 Å². The van der Waals surface area contributed by atoms with Crippen LogP contribution in [0.25, 0.3) is 0 Å². The monoisotopic (exact) mass is 220 g/mol. The van der Waals surface area contributed by atoms with Gasteiger partial charge in [0.25, 0.3) is 0 Å². The molecule has 1 aromatic carbocycles. The van der Waals surface area contributed by atoms with Gasteiger partial charge in [0.2, 0.25) is 5.91 Å². The van der Waals surface area contributed by atoms with Gasteiger partial charge in [-0.05, 0) is 49.9 Å². The van der Waals surface area contributed by atoms with E-state index in [9.17, 15) is 9.90 Å². The van der Waals surface area contributed by atoms with Crippen LogP contribution in [0, 0.1) is 6.92 Å². The molecule has 2 rings (SSSR count). The molecule has 4 nitrogen and oxygen atoms in total. The van der Waals surface area contributed by atoms with Crippen LogP contribution in [0.2, 0.25) is 0 Å². The highest BCUT2D eigenvalue weighted by atomic mass is 16.3. The second-order valence-electron chi connectivity index (χ2n) is 4.47. The topological polar surface area (TPSA) is 75.4 Å². The van der Waals surface area contributed by atoms with Crippen molar-refractivity contribution >= 4 is 11.6 Å². The van der Waals surface area contributed by atoms with Gasteiger partial charge in [-0.3, -0.25) is 4.79 Å². The third kappa shape index (κ3) is 1.88. The van der Waals surface area contributed by atoms with Gasteiger partial charge in [-0.2, -0.15) is 0 Å². The first-order valence-corrected chi connectivity index (χ1v) is 5.41. The second-order valence-corrected chi connectivity index (χ2v) is 4.47. The van der Waals surface area contributed by atoms with E-state index in [2.05, 4.69) is 5.32 Å². The maximum absolute atomic E-state index is 11.8. The number of benzene rings is 1. The van der Waals surface area contributed by atoms with Gasteiger partial charge in [0.05, 0.1) is 5.54 Å². The number of nitrogens with two attached hydrogens (primary N) is 1. The van der Waals surface area contributed by atoms with Crippen LogP contribution in [0.15, 0.2) is 18.2 Å². The molecule has 1 aliphatic rings. The second kappa shape index (κ2) is 3.79. The number of amides is 1. The van der Waals surface area contributed by atoms with Crippen LogP contribution in [-0.2, 0) is 4.79 Å². The van der Waals surface area contributed by atoms with Gasteiger partial charge in [-0.25, -0.2) is 0 Å². The minimum Gasteiger partial charge on any atom is -0.508 e. The van der Waals surface area contributed by atoms with E-state index in [4.69, 9.17) is 5.73 Å². The predicted octanol–water partition coefficient (Wildman–Crippen LogP) is 1.52. The van der Waals surface area contributed by atoms with E-state index in [0.29, 0.717) is 5.69 Å². The molecule has 4 N–H and O–H groups in total. The molecular weight excluding hydrogens is 204 g/mol. The summed E-state index contributed by atoms with van der Waals surface area (Å²) in [6.45, 7) is 1.78. The third-order valence-electron chi connectivity index (χ3n) is 3.15. The Morgan fingerprint density at radius 2 is 2.19 bits per heavy atom. The van der Waals surface area contributed by atoms with Crippen molar-refractivity contribution in [2.75, 3.05) is 5.32 Å². The van der Waals surface area contributed by atoms with Crippen LogP contribution in [-0.4, -0.2) is 16.6 Å². The average Bonchev–Trinajstić information content (AvgIpc) is 2.20. The number of aromatic hydroxyl groups is 1. The Morgan fingerprint density at radius 1 is 1.50 bits per heavy atom. The Kier molecular flexibility index (Phi) is 2.59. The first-order chi connectivity index (χ1) is 7.51. The smallest absolute Gasteiger partial charge is 0.244 e. The number of hydrogen-bond acceptors (Lipinski definition) is 3. The van der Waals surface area contributed by atoms with Crippen molar-refractivity contribution in [2.45, 2.75) is 31.7 Å². The largest absolute Gasteiger partial charge is 0.508 e. The maximum atomic E-state index is 11.8. The zero-order valence-corrected chi connectivity index (χ0v) is 9.29. The first-order valence-electron chi connectivity index (χ1n) is 5.41. The summed E-state index contributed by atoms with van der Waals surface area (Å²) in [7, 11) is 0. The van der Waals surface area contributed by atoms with Crippen LogP contribution >= 0.6 is 0 Å². The Balaban J connectivity index is 2.09. The number of anilines is 1. The van der Waals surface area contributed by atoms with Gasteiger partial charge in [0.1, 0.15) is 5.75 Å². The molecule has 1 aromatic rings. The zero-order chi connectivity index (χ0) is 11.8. The summed E-state index contributed by atoms with van der Waals surface area (Å²) < 4.78 is 0. The number of hydrogen-bond donors (Lipinski definition) is 3. The summed E-state index contributed by atoms with van der Waals surface area (Å²) in [6, 6.07) is 4.96. The molecule has 0 unspecified atom stereocenters. The normalized spacial score (nSPS) is 17.6. The Morgan fingerprint density at radius 3 is 2.69 bits per heavy atom. The summed E-state index contributed by atoms with van der Waals surface area (Å²) in [5.74, 6) is 0.0907. The summed E-state index contributed by atoms with van der Waals surface area (Å²) in [4.78, 5) is 11.8. The van der Waals surface area contributed by atoms with Crippen molar-refractivity contribution in [3.8, 4) is 5.75 Å². The molecule has 86 valence electrons. The molecule has 0 spiro atoms. The van der Waals surface area contributed by atoms with Gasteiger partial charge < -0.3 is 16.2 Å². The van der Waals surface area contributed by atoms with Gasteiger partial charge in [-0.15, -0.1) is 0 Å². The predicted molar refractivity (Wildman–Crippen MR) is 62.2 cm³/mol. The molecule has 0 bridgehead atoms. The SMILES string of the molecule is Cc1cc(NC(=O)C2(N)CCC2)ccc1O. The number of phenolic OH excluding ortho intramolecular Hbond substituents is 1. The number of nitrogens with one attached hydrogen (secondary N) is 1. The number of aryl methyl sites for hydroxylation is 1. The summed E-state index contributed by atoms with van der Waals surface area (Å²) in [5, 5.41) is 12.1. The molecule has 0 radical (unpaired) electrons. The van der Waals surface area contributed by atoms with Crippen LogP contribution in [0.4, 0.5) is 5.69 Å². The lowest BCUT2D eigenvalue weighted by Crippen LogP contribution is -2.56. The van der Waals surface area contributed by atoms with Crippen molar-refractivity contribution < 1.29 is 9.90 Å². The molecule has 0 saturated heterocycles. The highest BCUT2D eigenvalue weighted by Gasteiger charge is 2.40. The first kappa shape index (κ1) is 11.0. The molecule has 0 aromatic heterocycles. The van der Waals surface area contributed by atoms with E-state index >= 15 is 0 Å². The molecule has 0 heterocycles. The Hall–Kier alpha value is -1.55. The standard InChI is InChI=1S/C12H16N2O2/c1-8-7-9(3-4-10(8)15)14-11(16)12(13)5-2-6-12/h3-4,7,15H,2,5-6,13H2,1H3,(H,14,16). The van der Waals surface area contributed by atoms with Crippen molar-refractivity contribution in [1.29, 1.82) is 0 Å². The fourth-order valence-electron chi connectivity index (χ4n) is 1.77. The minimum atomic E-state index is -0.689. The fourth-order valence-corrected chi connectivity index (χ4v) is 1.77. The molecule has 1 saturated carbocycles. The number of carbonyl (C=O) groups is 1. The van der Waals surface area contributed by atoms with Crippen molar-refractivity contribution in [1.82, 2.24) is 0 Å². The highest BCUT2D eigenvalue weighted by molar-refractivity contribution is 5.98. The molecule has 0 aliphatic heterocycles. The molecule has 16 heavy (non-hydrogen) atoms. The minimum absolute atomic E-state index is 0.135. The number of phenols is 1. The molecule has 4 heteroatoms. The molecule has 1 aliphatic carbocycles. The van der Waals surface area contributed by atoms with E-state index < -0.39 is 5.54 Å². The van der Waals surface area contributed by atoms with Crippen LogP contribution < -0.4 is 11.1 Å². The average molecular weight is 220 g/mol. The quantitative estimate of drug-likeness (QED) is 0.661. The number of rotatable bonds is 2. The summed E-state index contributed by atoms with van der Waals surface area (Å²) in [6.07, 6.45) is 2.50. The van der Waals surface area contributed by atoms with Crippen molar-refractivity contribution in [2.24, 2.45) is 5.73 Å².